The van der Waals surface area contributed by atoms with Crippen molar-refractivity contribution in [2.24, 2.45) is 5.73 Å². The zero-order valence-corrected chi connectivity index (χ0v) is 12.0. The van der Waals surface area contributed by atoms with Crippen molar-refractivity contribution in [3.63, 3.8) is 0 Å². The summed E-state index contributed by atoms with van der Waals surface area (Å²) in [5.74, 6) is 0.539. The molecular formula is C15H15ClN2O2. The monoisotopic (exact) mass is 290 g/mol. The van der Waals surface area contributed by atoms with Gasteiger partial charge >= 0.3 is 0 Å². The van der Waals surface area contributed by atoms with Gasteiger partial charge in [0.2, 0.25) is 5.91 Å². The van der Waals surface area contributed by atoms with Crippen LogP contribution in [0, 0.1) is 13.8 Å². The van der Waals surface area contributed by atoms with E-state index < -0.39 is 5.91 Å². The molecule has 2 aromatic rings. The first-order valence-electron chi connectivity index (χ1n) is 6.02. The molecule has 0 aliphatic heterocycles. The molecule has 20 heavy (non-hydrogen) atoms. The molecular weight excluding hydrogens is 276 g/mol. The molecule has 5 heteroatoms. The molecule has 0 atom stereocenters. The van der Waals surface area contributed by atoms with E-state index in [2.05, 4.69) is 0 Å². The number of anilines is 1. The number of benzene rings is 2. The Hall–Kier alpha value is -2.20. The van der Waals surface area contributed by atoms with Crippen LogP contribution in [0.1, 0.15) is 21.5 Å². The minimum atomic E-state index is -0.528. The second-order valence-electron chi connectivity index (χ2n) is 4.59. The summed E-state index contributed by atoms with van der Waals surface area (Å²) in [5, 5.41) is 0.645. The fraction of sp³-hybridized carbons (Fsp3) is 0.133. The van der Waals surface area contributed by atoms with Crippen molar-refractivity contribution in [1.82, 2.24) is 0 Å². The van der Waals surface area contributed by atoms with Crippen LogP contribution in [0.5, 0.6) is 11.5 Å². The number of carbonyl (C=O) groups is 1. The van der Waals surface area contributed by atoms with Gasteiger partial charge in [0.1, 0.15) is 5.75 Å². The zero-order valence-electron chi connectivity index (χ0n) is 11.2. The van der Waals surface area contributed by atoms with Crippen molar-refractivity contribution in [3.05, 3.63) is 52.0 Å². The molecule has 4 N–H and O–H groups in total. The Kier molecular flexibility index (Phi) is 3.86. The van der Waals surface area contributed by atoms with Gasteiger partial charge in [-0.2, -0.15) is 0 Å². The van der Waals surface area contributed by atoms with Crippen molar-refractivity contribution in [1.29, 1.82) is 0 Å². The quantitative estimate of drug-likeness (QED) is 0.850. The summed E-state index contributed by atoms with van der Waals surface area (Å²) in [6.45, 7) is 3.78. The van der Waals surface area contributed by atoms with Crippen LogP contribution >= 0.6 is 11.6 Å². The fourth-order valence-electron chi connectivity index (χ4n) is 1.94. The molecule has 0 unspecified atom stereocenters. The standard InChI is InChI=1S/C15H15ClN2O2/c1-8-5-11(16)6-9(2)14(8)20-13-7-10(15(18)19)3-4-12(13)17/h3-7H,17H2,1-2H3,(H2,18,19). The van der Waals surface area contributed by atoms with E-state index in [-0.39, 0.29) is 0 Å². The van der Waals surface area contributed by atoms with E-state index in [9.17, 15) is 4.79 Å². The van der Waals surface area contributed by atoms with E-state index in [1.807, 2.05) is 13.8 Å². The summed E-state index contributed by atoms with van der Waals surface area (Å²) in [5.41, 5.74) is 13.7. The van der Waals surface area contributed by atoms with Gasteiger partial charge in [-0.3, -0.25) is 4.79 Å². The summed E-state index contributed by atoms with van der Waals surface area (Å²) >= 11 is 5.98. The first-order valence-corrected chi connectivity index (χ1v) is 6.40. The highest BCUT2D eigenvalue weighted by Gasteiger charge is 2.11. The fourth-order valence-corrected chi connectivity index (χ4v) is 2.27. The Bertz CT molecular complexity index is 661. The first kappa shape index (κ1) is 14.2. The normalized spacial score (nSPS) is 10.3. The Balaban J connectivity index is 2.45. The topological polar surface area (TPSA) is 78.3 Å². The lowest BCUT2D eigenvalue weighted by Gasteiger charge is -2.14. The van der Waals surface area contributed by atoms with E-state index in [0.29, 0.717) is 27.8 Å². The van der Waals surface area contributed by atoms with Gasteiger partial charge in [-0.05, 0) is 55.3 Å². The molecule has 104 valence electrons. The van der Waals surface area contributed by atoms with Crippen LogP contribution in [-0.4, -0.2) is 5.91 Å². The predicted molar refractivity (Wildman–Crippen MR) is 80.4 cm³/mol. The number of nitrogen functional groups attached to an aromatic ring is 1. The number of aryl methyl sites for hydroxylation is 2. The maximum absolute atomic E-state index is 11.2. The minimum absolute atomic E-state index is 0.346. The van der Waals surface area contributed by atoms with Gasteiger partial charge in [-0.25, -0.2) is 0 Å². The molecule has 1 amide bonds. The van der Waals surface area contributed by atoms with E-state index in [1.165, 1.54) is 6.07 Å². The van der Waals surface area contributed by atoms with Crippen molar-refractivity contribution in [2.75, 3.05) is 5.73 Å². The molecule has 0 fully saturated rings. The third kappa shape index (κ3) is 2.86. The predicted octanol–water partition coefficient (Wildman–Crippen LogP) is 3.43. The Morgan fingerprint density at radius 3 is 2.30 bits per heavy atom. The number of rotatable bonds is 3. The summed E-state index contributed by atoms with van der Waals surface area (Å²) in [6.07, 6.45) is 0. The van der Waals surface area contributed by atoms with E-state index in [1.54, 1.807) is 24.3 Å². The highest BCUT2D eigenvalue weighted by atomic mass is 35.5. The molecule has 0 spiro atoms. The van der Waals surface area contributed by atoms with Gasteiger partial charge in [0, 0.05) is 10.6 Å². The summed E-state index contributed by atoms with van der Waals surface area (Å²) in [4.78, 5) is 11.2. The number of carbonyl (C=O) groups excluding carboxylic acids is 1. The Morgan fingerprint density at radius 1 is 1.15 bits per heavy atom. The highest BCUT2D eigenvalue weighted by Crippen LogP contribution is 2.34. The minimum Gasteiger partial charge on any atom is -0.455 e. The lowest BCUT2D eigenvalue weighted by molar-refractivity contribution is 0.1000. The van der Waals surface area contributed by atoms with Crippen molar-refractivity contribution < 1.29 is 9.53 Å². The number of primary amides is 1. The summed E-state index contributed by atoms with van der Waals surface area (Å²) < 4.78 is 5.83. The average molecular weight is 291 g/mol. The molecule has 2 rings (SSSR count). The molecule has 4 nitrogen and oxygen atoms in total. The molecule has 2 aromatic carbocycles. The van der Waals surface area contributed by atoms with Gasteiger partial charge in [0.05, 0.1) is 5.69 Å². The number of hydrogen-bond donors (Lipinski definition) is 2. The van der Waals surface area contributed by atoms with Gasteiger partial charge in [-0.15, -0.1) is 0 Å². The number of ether oxygens (including phenoxy) is 1. The molecule has 0 saturated heterocycles. The van der Waals surface area contributed by atoms with Gasteiger partial charge < -0.3 is 16.2 Å². The van der Waals surface area contributed by atoms with Gasteiger partial charge in [0.15, 0.2) is 5.75 Å². The number of amides is 1. The molecule has 0 aliphatic rings. The highest BCUT2D eigenvalue weighted by molar-refractivity contribution is 6.30. The third-order valence-corrected chi connectivity index (χ3v) is 3.15. The molecule has 0 bridgehead atoms. The van der Waals surface area contributed by atoms with Crippen molar-refractivity contribution >= 4 is 23.2 Å². The van der Waals surface area contributed by atoms with Crippen LogP contribution in [0.3, 0.4) is 0 Å². The van der Waals surface area contributed by atoms with Crippen LogP contribution < -0.4 is 16.2 Å². The SMILES string of the molecule is Cc1cc(Cl)cc(C)c1Oc1cc(C(N)=O)ccc1N. The van der Waals surface area contributed by atoms with Crippen molar-refractivity contribution in [2.45, 2.75) is 13.8 Å². The molecule has 0 heterocycles. The first-order chi connectivity index (χ1) is 9.38. The zero-order chi connectivity index (χ0) is 14.9. The molecule has 0 aliphatic carbocycles. The van der Waals surface area contributed by atoms with Crippen LogP contribution in [-0.2, 0) is 0 Å². The number of nitrogens with two attached hydrogens (primary N) is 2. The molecule has 0 aromatic heterocycles. The second-order valence-corrected chi connectivity index (χ2v) is 5.02. The van der Waals surface area contributed by atoms with Gasteiger partial charge in [-0.1, -0.05) is 11.6 Å². The largest absolute Gasteiger partial charge is 0.455 e. The van der Waals surface area contributed by atoms with Crippen LogP contribution in [0.15, 0.2) is 30.3 Å². The molecule has 0 saturated carbocycles. The van der Waals surface area contributed by atoms with Crippen LogP contribution in [0.2, 0.25) is 5.02 Å². The maximum atomic E-state index is 11.2. The van der Waals surface area contributed by atoms with E-state index in [4.69, 9.17) is 27.8 Å². The van der Waals surface area contributed by atoms with E-state index >= 15 is 0 Å². The Labute approximate surface area is 122 Å². The lowest BCUT2D eigenvalue weighted by atomic mass is 10.1. The smallest absolute Gasteiger partial charge is 0.248 e. The third-order valence-electron chi connectivity index (χ3n) is 2.94. The van der Waals surface area contributed by atoms with Crippen LogP contribution in [0.25, 0.3) is 0 Å². The number of halogens is 1. The van der Waals surface area contributed by atoms with Gasteiger partial charge in [0.25, 0.3) is 0 Å². The second kappa shape index (κ2) is 5.43. The Morgan fingerprint density at radius 2 is 1.75 bits per heavy atom. The van der Waals surface area contributed by atoms with E-state index in [0.717, 1.165) is 11.1 Å². The summed E-state index contributed by atoms with van der Waals surface area (Å²) in [6, 6.07) is 8.29. The number of hydrogen-bond acceptors (Lipinski definition) is 3. The lowest BCUT2D eigenvalue weighted by Crippen LogP contribution is -2.11. The average Bonchev–Trinajstić information content (AvgIpc) is 2.35. The maximum Gasteiger partial charge on any atom is 0.248 e. The molecule has 0 radical (unpaired) electrons. The summed E-state index contributed by atoms with van der Waals surface area (Å²) in [7, 11) is 0. The van der Waals surface area contributed by atoms with Crippen molar-refractivity contribution in [3.8, 4) is 11.5 Å². The van der Waals surface area contributed by atoms with Crippen LogP contribution in [0.4, 0.5) is 5.69 Å².